The number of carboxylic acid groups (broad SMARTS) is 1. The van der Waals surface area contributed by atoms with Crippen LogP contribution < -0.4 is 5.32 Å². The molecule has 1 aromatic heterocycles. The van der Waals surface area contributed by atoms with Crippen molar-refractivity contribution < 1.29 is 24.2 Å². The van der Waals surface area contributed by atoms with Crippen LogP contribution in [0.1, 0.15) is 44.9 Å². The van der Waals surface area contributed by atoms with Crippen LogP contribution in [0, 0.1) is 0 Å². The van der Waals surface area contributed by atoms with Gasteiger partial charge in [0.25, 0.3) is 5.91 Å². The fourth-order valence-electron chi connectivity index (χ4n) is 2.76. The Hall–Kier alpha value is -2.77. The summed E-state index contributed by atoms with van der Waals surface area (Å²) in [5, 5.41) is 11.7. The van der Waals surface area contributed by atoms with E-state index in [1.54, 1.807) is 0 Å². The molecule has 3 rings (SSSR count). The van der Waals surface area contributed by atoms with Crippen molar-refractivity contribution in [3.05, 3.63) is 65.0 Å². The van der Waals surface area contributed by atoms with E-state index in [4.69, 9.17) is 14.6 Å². The first kappa shape index (κ1) is 19.0. The van der Waals surface area contributed by atoms with Gasteiger partial charge < -0.3 is 19.9 Å². The first-order chi connectivity index (χ1) is 13.1. The molecule has 1 aliphatic rings. The number of nitrogens with one attached hydrogen (secondary N) is 1. The van der Waals surface area contributed by atoms with Crippen LogP contribution in [0.5, 0.6) is 0 Å². The lowest BCUT2D eigenvalue weighted by Crippen LogP contribution is -2.24. The summed E-state index contributed by atoms with van der Waals surface area (Å²) in [6.45, 7) is 2.41. The fraction of sp³-hybridized carbons (Fsp3) is 0.350. The first-order valence-electron chi connectivity index (χ1n) is 8.87. The number of aromatic nitrogens is 1. The highest BCUT2D eigenvalue weighted by Gasteiger charge is 2.14. The van der Waals surface area contributed by atoms with E-state index in [-0.39, 0.29) is 17.5 Å². The molecule has 0 aliphatic carbocycles. The summed E-state index contributed by atoms with van der Waals surface area (Å²) < 4.78 is 11.2. The van der Waals surface area contributed by atoms with E-state index in [0.29, 0.717) is 13.2 Å². The molecule has 2 aromatic rings. The number of aromatic carboxylic acids is 1. The Morgan fingerprint density at radius 2 is 1.74 bits per heavy atom. The zero-order chi connectivity index (χ0) is 19.1. The van der Waals surface area contributed by atoms with Gasteiger partial charge in [-0.3, -0.25) is 4.79 Å². The number of carbonyl (C=O) groups is 2. The predicted molar refractivity (Wildman–Crippen MR) is 97.4 cm³/mol. The van der Waals surface area contributed by atoms with Crippen molar-refractivity contribution in [3.63, 3.8) is 0 Å². The van der Waals surface area contributed by atoms with Gasteiger partial charge in [0.2, 0.25) is 0 Å². The number of ether oxygens (including phenoxy) is 2. The van der Waals surface area contributed by atoms with E-state index in [9.17, 15) is 9.59 Å². The van der Waals surface area contributed by atoms with Crippen LogP contribution in [0.2, 0.25) is 0 Å². The van der Waals surface area contributed by atoms with E-state index in [0.717, 1.165) is 37.2 Å². The first-order valence-corrected chi connectivity index (χ1v) is 8.87. The summed E-state index contributed by atoms with van der Waals surface area (Å²) in [5.74, 6) is -1.58. The molecule has 0 atom stereocenters. The zero-order valence-electron chi connectivity index (χ0n) is 14.9. The third-order valence-corrected chi connectivity index (χ3v) is 4.33. The largest absolute Gasteiger partial charge is 0.477 e. The molecule has 1 saturated heterocycles. The summed E-state index contributed by atoms with van der Waals surface area (Å²) in [6.07, 6.45) is 2.12. The molecule has 0 spiro atoms. The van der Waals surface area contributed by atoms with Crippen molar-refractivity contribution in [2.75, 3.05) is 13.2 Å². The topological polar surface area (TPSA) is 97.8 Å². The summed E-state index contributed by atoms with van der Waals surface area (Å²) >= 11 is 0. The van der Waals surface area contributed by atoms with Crippen LogP contribution in [0.3, 0.4) is 0 Å². The Labute approximate surface area is 157 Å². The highest BCUT2D eigenvalue weighted by atomic mass is 16.5. The second kappa shape index (κ2) is 9.25. The third kappa shape index (κ3) is 5.60. The van der Waals surface area contributed by atoms with E-state index >= 15 is 0 Å². The van der Waals surface area contributed by atoms with Crippen LogP contribution in [-0.4, -0.2) is 41.3 Å². The van der Waals surface area contributed by atoms with Crippen molar-refractivity contribution >= 4 is 11.9 Å². The number of carbonyl (C=O) groups excluding carboxylic acids is 1. The zero-order valence-corrected chi connectivity index (χ0v) is 14.9. The molecular weight excluding hydrogens is 348 g/mol. The van der Waals surface area contributed by atoms with Gasteiger partial charge in [-0.2, -0.15) is 0 Å². The minimum atomic E-state index is -1.16. The summed E-state index contributed by atoms with van der Waals surface area (Å²) in [6, 6.07) is 12.2. The van der Waals surface area contributed by atoms with Gasteiger partial charge in [0, 0.05) is 19.8 Å². The summed E-state index contributed by atoms with van der Waals surface area (Å²) in [7, 11) is 0. The lowest BCUT2D eigenvalue weighted by molar-refractivity contribution is -0.0390. The van der Waals surface area contributed by atoms with Gasteiger partial charge in [-0.1, -0.05) is 30.3 Å². The van der Waals surface area contributed by atoms with Gasteiger partial charge >= 0.3 is 5.97 Å². The van der Waals surface area contributed by atoms with Gasteiger partial charge in [0.1, 0.15) is 11.4 Å². The Bertz CT molecular complexity index is 785. The lowest BCUT2D eigenvalue weighted by Gasteiger charge is -2.22. The Balaban J connectivity index is 1.48. The molecule has 2 heterocycles. The van der Waals surface area contributed by atoms with Crippen LogP contribution in [0.4, 0.5) is 0 Å². The van der Waals surface area contributed by atoms with Crippen LogP contribution >= 0.6 is 0 Å². The molecule has 1 amide bonds. The minimum Gasteiger partial charge on any atom is -0.477 e. The van der Waals surface area contributed by atoms with Gasteiger partial charge in [0.15, 0.2) is 0 Å². The van der Waals surface area contributed by atoms with Crippen molar-refractivity contribution in [2.45, 2.75) is 32.1 Å². The molecular formula is C20H22N2O5. The van der Waals surface area contributed by atoms with E-state index < -0.39 is 11.9 Å². The minimum absolute atomic E-state index is 0.0800. The van der Waals surface area contributed by atoms with Gasteiger partial charge in [-0.25, -0.2) is 9.78 Å². The second-order valence-corrected chi connectivity index (χ2v) is 6.34. The number of hydrogen-bond acceptors (Lipinski definition) is 5. The SMILES string of the molecule is O=C(O)c1cccc(C(=O)NCc2ccc(COC3CCOCC3)cc2)n1. The van der Waals surface area contributed by atoms with E-state index in [1.165, 1.54) is 18.2 Å². The van der Waals surface area contributed by atoms with Crippen molar-refractivity contribution in [1.82, 2.24) is 10.3 Å². The predicted octanol–water partition coefficient (Wildman–Crippen LogP) is 2.41. The summed E-state index contributed by atoms with van der Waals surface area (Å²) in [5.41, 5.74) is 1.94. The monoisotopic (exact) mass is 370 g/mol. The number of pyridine rings is 1. The molecule has 7 heteroatoms. The molecule has 27 heavy (non-hydrogen) atoms. The second-order valence-electron chi connectivity index (χ2n) is 6.34. The maximum Gasteiger partial charge on any atom is 0.354 e. The average Bonchev–Trinajstić information content (AvgIpc) is 2.72. The number of hydrogen-bond donors (Lipinski definition) is 2. The van der Waals surface area contributed by atoms with Gasteiger partial charge in [-0.15, -0.1) is 0 Å². The van der Waals surface area contributed by atoms with Gasteiger partial charge in [-0.05, 0) is 36.1 Å². The van der Waals surface area contributed by atoms with Gasteiger partial charge in [0.05, 0.1) is 12.7 Å². The highest BCUT2D eigenvalue weighted by Crippen LogP contribution is 2.14. The number of nitrogens with zero attached hydrogens (tertiary/aromatic N) is 1. The van der Waals surface area contributed by atoms with Crippen molar-refractivity contribution in [3.8, 4) is 0 Å². The van der Waals surface area contributed by atoms with Crippen LogP contribution in [0.15, 0.2) is 42.5 Å². The molecule has 1 aromatic carbocycles. The standard InChI is InChI=1S/C20H22N2O5/c23-19(17-2-1-3-18(22-17)20(24)25)21-12-14-4-6-15(7-5-14)13-27-16-8-10-26-11-9-16/h1-7,16H,8-13H2,(H,21,23)(H,24,25). The molecule has 0 bridgehead atoms. The van der Waals surface area contributed by atoms with Crippen molar-refractivity contribution in [1.29, 1.82) is 0 Å². The number of amides is 1. The molecule has 0 radical (unpaired) electrons. The quantitative estimate of drug-likeness (QED) is 0.777. The number of carboxylic acids is 1. The van der Waals surface area contributed by atoms with Crippen LogP contribution in [-0.2, 0) is 22.6 Å². The summed E-state index contributed by atoms with van der Waals surface area (Å²) in [4.78, 5) is 26.9. The molecule has 0 unspecified atom stereocenters. The average molecular weight is 370 g/mol. The maximum absolute atomic E-state index is 12.1. The third-order valence-electron chi connectivity index (χ3n) is 4.33. The Morgan fingerprint density at radius 3 is 2.44 bits per heavy atom. The fourth-order valence-corrected chi connectivity index (χ4v) is 2.76. The van der Waals surface area contributed by atoms with E-state index in [1.807, 2.05) is 24.3 Å². The van der Waals surface area contributed by atoms with E-state index in [2.05, 4.69) is 10.3 Å². The molecule has 1 aliphatic heterocycles. The normalized spacial score (nSPS) is 14.7. The Kier molecular flexibility index (Phi) is 6.51. The van der Waals surface area contributed by atoms with Crippen LogP contribution in [0.25, 0.3) is 0 Å². The molecule has 7 nitrogen and oxygen atoms in total. The maximum atomic E-state index is 12.1. The number of rotatable bonds is 7. The smallest absolute Gasteiger partial charge is 0.354 e. The molecule has 1 fully saturated rings. The highest BCUT2D eigenvalue weighted by molar-refractivity contribution is 5.94. The molecule has 2 N–H and O–H groups in total. The lowest BCUT2D eigenvalue weighted by atomic mass is 10.1. The molecule has 0 saturated carbocycles. The number of benzene rings is 1. The van der Waals surface area contributed by atoms with Crippen molar-refractivity contribution in [2.24, 2.45) is 0 Å². The molecule has 142 valence electrons. The Morgan fingerprint density at radius 1 is 1.07 bits per heavy atom.